The van der Waals surface area contributed by atoms with Crippen LogP contribution in [0.2, 0.25) is 0 Å². The fraction of sp³-hybridized carbons (Fsp3) is 0.200. The van der Waals surface area contributed by atoms with Crippen molar-refractivity contribution in [1.82, 2.24) is 9.55 Å². The monoisotopic (exact) mass is 174 g/mol. The van der Waals surface area contributed by atoms with Crippen LogP contribution in [0, 0.1) is 6.92 Å². The van der Waals surface area contributed by atoms with Gasteiger partial charge < -0.3 is 9.36 Å². The highest BCUT2D eigenvalue weighted by atomic mass is 16.1. The van der Waals surface area contributed by atoms with E-state index in [2.05, 4.69) is 4.98 Å². The Kier molecular flexibility index (Phi) is 1.85. The molecule has 0 amide bonds. The summed E-state index contributed by atoms with van der Waals surface area (Å²) in [5.74, 6) is 0. The third-order valence-electron chi connectivity index (χ3n) is 2.12. The van der Waals surface area contributed by atoms with Crippen molar-refractivity contribution in [2.75, 3.05) is 0 Å². The lowest BCUT2D eigenvalue weighted by Crippen LogP contribution is -2.01. The molecule has 0 N–H and O–H groups in total. The Hall–Kier alpha value is -1.64. The van der Waals surface area contributed by atoms with E-state index in [0.717, 1.165) is 23.0 Å². The molecule has 0 aliphatic rings. The summed E-state index contributed by atoms with van der Waals surface area (Å²) in [5, 5.41) is 1.09. The number of carbonyl (C=O) groups is 1. The maximum Gasteiger partial charge on any atom is 0.140 e. The summed E-state index contributed by atoms with van der Waals surface area (Å²) in [6.45, 7) is 2.36. The van der Waals surface area contributed by atoms with Gasteiger partial charge in [0.05, 0.1) is 6.54 Å². The molecule has 66 valence electrons. The molecule has 2 heterocycles. The van der Waals surface area contributed by atoms with E-state index >= 15 is 0 Å². The Bertz CT molecular complexity index is 445. The number of carbonyl (C=O) groups excluding carboxylic acids is 1. The Labute approximate surface area is 76.0 Å². The molecule has 3 nitrogen and oxygen atoms in total. The molecule has 0 fully saturated rings. The van der Waals surface area contributed by atoms with E-state index in [0.29, 0.717) is 6.54 Å². The van der Waals surface area contributed by atoms with Crippen LogP contribution in [0.1, 0.15) is 5.69 Å². The minimum absolute atomic E-state index is 0.381. The number of fused-ring (bicyclic) bond motifs is 1. The molecule has 0 saturated heterocycles. The third-order valence-corrected chi connectivity index (χ3v) is 2.12. The van der Waals surface area contributed by atoms with E-state index in [-0.39, 0.29) is 0 Å². The Morgan fingerprint density at radius 2 is 2.46 bits per heavy atom. The van der Waals surface area contributed by atoms with Crippen LogP contribution in [0.4, 0.5) is 0 Å². The number of hydrogen-bond acceptors (Lipinski definition) is 2. The van der Waals surface area contributed by atoms with Crippen LogP contribution < -0.4 is 0 Å². The van der Waals surface area contributed by atoms with Crippen LogP contribution in [0.15, 0.2) is 24.4 Å². The standard InChI is InChI=1S/C10H10N2O/c1-8-7-9-3-2-4-11-10(9)12(8)5-6-13/h2-4,6-7H,5H2,1H3. The summed E-state index contributed by atoms with van der Waals surface area (Å²) >= 11 is 0. The predicted octanol–water partition coefficient (Wildman–Crippen LogP) is 1.54. The highest BCUT2D eigenvalue weighted by Gasteiger charge is 2.04. The van der Waals surface area contributed by atoms with Crippen LogP contribution in [0.3, 0.4) is 0 Å². The smallest absolute Gasteiger partial charge is 0.140 e. The second-order valence-corrected chi connectivity index (χ2v) is 2.98. The van der Waals surface area contributed by atoms with E-state index in [1.807, 2.05) is 29.7 Å². The molecule has 0 atom stereocenters. The Morgan fingerprint density at radius 3 is 3.23 bits per heavy atom. The normalized spacial score (nSPS) is 10.5. The molecule has 2 aromatic heterocycles. The lowest BCUT2D eigenvalue weighted by Gasteiger charge is -2.00. The lowest BCUT2D eigenvalue weighted by molar-refractivity contribution is -0.108. The van der Waals surface area contributed by atoms with Crippen molar-refractivity contribution < 1.29 is 4.79 Å². The van der Waals surface area contributed by atoms with Crippen LogP contribution in [-0.2, 0) is 11.3 Å². The van der Waals surface area contributed by atoms with Crippen LogP contribution in [0.5, 0.6) is 0 Å². The van der Waals surface area contributed by atoms with Gasteiger partial charge in [-0.1, -0.05) is 0 Å². The van der Waals surface area contributed by atoms with Gasteiger partial charge in [0.25, 0.3) is 0 Å². The van der Waals surface area contributed by atoms with Gasteiger partial charge >= 0.3 is 0 Å². The lowest BCUT2D eigenvalue weighted by atomic mass is 10.3. The summed E-state index contributed by atoms with van der Waals surface area (Å²) < 4.78 is 1.91. The number of rotatable bonds is 2. The second-order valence-electron chi connectivity index (χ2n) is 2.98. The molecule has 0 saturated carbocycles. The van der Waals surface area contributed by atoms with Gasteiger partial charge in [-0.15, -0.1) is 0 Å². The number of aryl methyl sites for hydroxylation is 1. The number of hydrogen-bond donors (Lipinski definition) is 0. The summed E-state index contributed by atoms with van der Waals surface area (Å²) in [4.78, 5) is 14.6. The molecule has 0 aromatic carbocycles. The highest BCUT2D eigenvalue weighted by molar-refractivity contribution is 5.78. The summed E-state index contributed by atoms with van der Waals surface area (Å²) in [6, 6.07) is 5.93. The summed E-state index contributed by atoms with van der Waals surface area (Å²) in [6.07, 6.45) is 2.63. The van der Waals surface area contributed by atoms with Gasteiger partial charge in [0, 0.05) is 17.3 Å². The molecular weight excluding hydrogens is 164 g/mol. The van der Waals surface area contributed by atoms with Crippen molar-refractivity contribution in [3.63, 3.8) is 0 Å². The third kappa shape index (κ3) is 1.22. The second kappa shape index (κ2) is 3.01. The number of aldehydes is 1. The first-order valence-corrected chi connectivity index (χ1v) is 4.17. The first-order valence-electron chi connectivity index (χ1n) is 4.17. The van der Waals surface area contributed by atoms with Gasteiger partial charge in [-0.25, -0.2) is 4.98 Å². The predicted molar refractivity (Wildman–Crippen MR) is 50.5 cm³/mol. The molecule has 2 rings (SSSR count). The Balaban J connectivity index is 2.70. The maximum atomic E-state index is 10.4. The molecule has 13 heavy (non-hydrogen) atoms. The SMILES string of the molecule is Cc1cc2cccnc2n1CC=O. The average molecular weight is 174 g/mol. The van der Waals surface area contributed by atoms with Gasteiger partial charge in [0.1, 0.15) is 11.9 Å². The number of nitrogens with zero attached hydrogens (tertiary/aromatic N) is 2. The zero-order chi connectivity index (χ0) is 9.26. The van der Waals surface area contributed by atoms with E-state index in [4.69, 9.17) is 0 Å². The van der Waals surface area contributed by atoms with Gasteiger partial charge in [0.2, 0.25) is 0 Å². The number of pyridine rings is 1. The van der Waals surface area contributed by atoms with Crippen molar-refractivity contribution in [3.8, 4) is 0 Å². The first-order chi connectivity index (χ1) is 6.33. The molecule has 0 spiro atoms. The molecule has 2 aromatic rings. The van der Waals surface area contributed by atoms with Crippen molar-refractivity contribution in [2.24, 2.45) is 0 Å². The van der Waals surface area contributed by atoms with Crippen molar-refractivity contribution in [2.45, 2.75) is 13.5 Å². The maximum absolute atomic E-state index is 10.4. The van der Waals surface area contributed by atoms with E-state index < -0.39 is 0 Å². The van der Waals surface area contributed by atoms with Gasteiger partial charge in [-0.3, -0.25) is 0 Å². The molecule has 0 radical (unpaired) electrons. The van der Waals surface area contributed by atoms with Crippen molar-refractivity contribution >= 4 is 17.3 Å². The zero-order valence-electron chi connectivity index (χ0n) is 7.40. The molecule has 0 unspecified atom stereocenters. The number of aromatic nitrogens is 2. The molecule has 0 bridgehead atoms. The van der Waals surface area contributed by atoms with Crippen molar-refractivity contribution in [3.05, 3.63) is 30.1 Å². The quantitative estimate of drug-likeness (QED) is 0.647. The summed E-state index contributed by atoms with van der Waals surface area (Å²) in [7, 11) is 0. The fourth-order valence-electron chi connectivity index (χ4n) is 1.52. The fourth-order valence-corrected chi connectivity index (χ4v) is 1.52. The van der Waals surface area contributed by atoms with Crippen LogP contribution >= 0.6 is 0 Å². The topological polar surface area (TPSA) is 34.9 Å². The van der Waals surface area contributed by atoms with Crippen LogP contribution in [0.25, 0.3) is 11.0 Å². The first kappa shape index (κ1) is 7.98. The molecule has 0 aliphatic heterocycles. The largest absolute Gasteiger partial charge is 0.323 e. The van der Waals surface area contributed by atoms with Crippen molar-refractivity contribution in [1.29, 1.82) is 0 Å². The Morgan fingerprint density at radius 1 is 1.62 bits per heavy atom. The van der Waals surface area contributed by atoms with Crippen LogP contribution in [-0.4, -0.2) is 15.8 Å². The minimum atomic E-state index is 0.381. The minimum Gasteiger partial charge on any atom is -0.323 e. The van der Waals surface area contributed by atoms with E-state index in [9.17, 15) is 4.79 Å². The molecule has 3 heteroatoms. The van der Waals surface area contributed by atoms with E-state index in [1.54, 1.807) is 6.20 Å². The summed E-state index contributed by atoms with van der Waals surface area (Å²) in [5.41, 5.74) is 1.95. The van der Waals surface area contributed by atoms with Gasteiger partial charge in [-0.05, 0) is 25.1 Å². The zero-order valence-corrected chi connectivity index (χ0v) is 7.40. The van der Waals surface area contributed by atoms with Gasteiger partial charge in [-0.2, -0.15) is 0 Å². The highest BCUT2D eigenvalue weighted by Crippen LogP contribution is 2.15. The average Bonchev–Trinajstić information content (AvgIpc) is 2.44. The molecule has 0 aliphatic carbocycles. The molecular formula is C10H10N2O. The van der Waals surface area contributed by atoms with Gasteiger partial charge in [0.15, 0.2) is 0 Å². The van der Waals surface area contributed by atoms with E-state index in [1.165, 1.54) is 0 Å².